The number of benzene rings is 1. The molecule has 1 aliphatic heterocycles. The molecular formula is C16H25ClN2O. The Kier molecular flexibility index (Phi) is 7.03. The van der Waals surface area contributed by atoms with E-state index >= 15 is 0 Å². The number of nitrogens with one attached hydrogen (secondary N) is 1. The van der Waals surface area contributed by atoms with Crippen molar-refractivity contribution in [2.45, 2.75) is 25.7 Å². The summed E-state index contributed by atoms with van der Waals surface area (Å²) in [6.07, 6.45) is 2.35. The number of carbonyl (C=O) groups excluding carboxylic acids is 1. The van der Waals surface area contributed by atoms with Crippen molar-refractivity contribution in [2.75, 3.05) is 26.7 Å². The molecule has 20 heavy (non-hydrogen) atoms. The number of amides is 1. The fourth-order valence-corrected chi connectivity index (χ4v) is 2.88. The molecule has 0 saturated carbocycles. The number of piperidine rings is 1. The van der Waals surface area contributed by atoms with Crippen molar-refractivity contribution < 1.29 is 4.79 Å². The van der Waals surface area contributed by atoms with Gasteiger partial charge in [-0.15, -0.1) is 12.4 Å². The van der Waals surface area contributed by atoms with Crippen LogP contribution in [0.1, 0.15) is 31.2 Å². The number of carbonyl (C=O) groups is 1. The smallest absolute Gasteiger partial charge is 0.229 e. The zero-order chi connectivity index (χ0) is 13.7. The second-order valence-electron chi connectivity index (χ2n) is 5.48. The third-order valence-electron chi connectivity index (χ3n) is 3.99. The summed E-state index contributed by atoms with van der Waals surface area (Å²) in [4.78, 5) is 14.6. The zero-order valence-electron chi connectivity index (χ0n) is 12.3. The van der Waals surface area contributed by atoms with Crippen molar-refractivity contribution >= 4 is 18.3 Å². The molecule has 1 fully saturated rings. The van der Waals surface area contributed by atoms with E-state index in [2.05, 4.69) is 5.32 Å². The highest BCUT2D eigenvalue weighted by atomic mass is 35.5. The predicted octanol–water partition coefficient (Wildman–Crippen LogP) is 2.67. The normalized spacial score (nSPS) is 20.1. The fourth-order valence-electron chi connectivity index (χ4n) is 2.88. The van der Waals surface area contributed by atoms with Crippen molar-refractivity contribution in [3.8, 4) is 0 Å². The van der Waals surface area contributed by atoms with Gasteiger partial charge in [0, 0.05) is 13.1 Å². The van der Waals surface area contributed by atoms with Gasteiger partial charge in [0.15, 0.2) is 0 Å². The van der Waals surface area contributed by atoms with Crippen LogP contribution in [-0.4, -0.2) is 37.5 Å². The molecule has 2 rings (SSSR count). The molecule has 1 heterocycles. The van der Waals surface area contributed by atoms with Gasteiger partial charge in [-0.05, 0) is 44.8 Å². The van der Waals surface area contributed by atoms with Crippen LogP contribution >= 0.6 is 12.4 Å². The van der Waals surface area contributed by atoms with E-state index in [0.29, 0.717) is 5.92 Å². The van der Waals surface area contributed by atoms with Gasteiger partial charge in [-0.25, -0.2) is 0 Å². The van der Waals surface area contributed by atoms with Gasteiger partial charge in [0.25, 0.3) is 0 Å². The first-order valence-electron chi connectivity index (χ1n) is 7.20. The lowest BCUT2D eigenvalue weighted by molar-refractivity contribution is -0.134. The van der Waals surface area contributed by atoms with E-state index in [1.165, 1.54) is 6.42 Å². The number of hydrogen-bond acceptors (Lipinski definition) is 2. The zero-order valence-corrected chi connectivity index (χ0v) is 13.2. The van der Waals surface area contributed by atoms with Crippen LogP contribution in [0.25, 0.3) is 0 Å². The summed E-state index contributed by atoms with van der Waals surface area (Å²) in [7, 11) is 1.98. The molecule has 4 heteroatoms. The summed E-state index contributed by atoms with van der Waals surface area (Å²) in [6, 6.07) is 10.1. The second-order valence-corrected chi connectivity index (χ2v) is 5.48. The highest BCUT2D eigenvalue weighted by molar-refractivity contribution is 5.85. The molecule has 0 aliphatic carbocycles. The maximum atomic E-state index is 12.6. The van der Waals surface area contributed by atoms with Gasteiger partial charge in [-0.2, -0.15) is 0 Å². The van der Waals surface area contributed by atoms with Gasteiger partial charge in [0.2, 0.25) is 5.91 Å². The van der Waals surface area contributed by atoms with Crippen molar-refractivity contribution in [1.29, 1.82) is 0 Å². The van der Waals surface area contributed by atoms with Crippen molar-refractivity contribution in [3.05, 3.63) is 35.9 Å². The highest BCUT2D eigenvalue weighted by Crippen LogP contribution is 2.22. The lowest BCUT2D eigenvalue weighted by atomic mass is 9.94. The van der Waals surface area contributed by atoms with Crippen molar-refractivity contribution in [3.63, 3.8) is 0 Å². The van der Waals surface area contributed by atoms with Gasteiger partial charge >= 0.3 is 0 Å². The molecule has 0 spiro atoms. The lowest BCUT2D eigenvalue weighted by Crippen LogP contribution is -2.44. The van der Waals surface area contributed by atoms with Crippen LogP contribution in [0.3, 0.4) is 0 Å². The second kappa shape index (κ2) is 8.28. The van der Waals surface area contributed by atoms with Crippen LogP contribution < -0.4 is 5.32 Å². The molecule has 0 bridgehead atoms. The van der Waals surface area contributed by atoms with E-state index in [1.807, 2.05) is 49.2 Å². The topological polar surface area (TPSA) is 32.3 Å². The number of halogens is 1. The third-order valence-corrected chi connectivity index (χ3v) is 3.99. The summed E-state index contributed by atoms with van der Waals surface area (Å²) in [5.41, 5.74) is 1.11. The van der Waals surface area contributed by atoms with E-state index in [1.54, 1.807) is 0 Å². The Morgan fingerprint density at radius 2 is 2.10 bits per heavy atom. The van der Waals surface area contributed by atoms with Gasteiger partial charge < -0.3 is 10.2 Å². The van der Waals surface area contributed by atoms with Gasteiger partial charge in [-0.3, -0.25) is 4.79 Å². The van der Waals surface area contributed by atoms with E-state index in [4.69, 9.17) is 0 Å². The van der Waals surface area contributed by atoms with Crippen LogP contribution in [0.2, 0.25) is 0 Å². The standard InChI is InChI=1S/C16H24N2O.ClH/c1-13(15-8-4-3-5-9-15)16(19)18-10-6-7-14(12-18)11-17-2;/h3-5,8-9,13-14,17H,6-7,10-12H2,1-2H3;1H. The molecule has 3 nitrogen and oxygen atoms in total. The Morgan fingerprint density at radius 1 is 1.40 bits per heavy atom. The molecule has 1 N–H and O–H groups in total. The summed E-state index contributed by atoms with van der Waals surface area (Å²) in [6.45, 7) is 4.83. The summed E-state index contributed by atoms with van der Waals surface area (Å²) in [5.74, 6) is 0.840. The van der Waals surface area contributed by atoms with Gasteiger partial charge in [0.05, 0.1) is 5.92 Å². The Bertz CT molecular complexity index is 408. The Balaban J connectivity index is 0.00000200. The number of hydrogen-bond donors (Lipinski definition) is 1. The first-order valence-corrected chi connectivity index (χ1v) is 7.20. The molecule has 1 aliphatic rings. The molecule has 112 valence electrons. The molecule has 2 atom stereocenters. The lowest BCUT2D eigenvalue weighted by Gasteiger charge is -2.34. The quantitative estimate of drug-likeness (QED) is 0.926. The summed E-state index contributed by atoms with van der Waals surface area (Å²) >= 11 is 0. The van der Waals surface area contributed by atoms with Crippen LogP contribution in [0, 0.1) is 5.92 Å². The summed E-state index contributed by atoms with van der Waals surface area (Å²) < 4.78 is 0. The Labute approximate surface area is 128 Å². The van der Waals surface area contributed by atoms with Crippen LogP contribution in [-0.2, 0) is 4.79 Å². The molecule has 0 aromatic heterocycles. The molecule has 1 aromatic carbocycles. The summed E-state index contributed by atoms with van der Waals surface area (Å²) in [5, 5.41) is 3.22. The molecule has 1 amide bonds. The monoisotopic (exact) mass is 296 g/mol. The van der Waals surface area contributed by atoms with E-state index in [-0.39, 0.29) is 24.2 Å². The minimum Gasteiger partial charge on any atom is -0.342 e. The maximum absolute atomic E-state index is 12.6. The molecule has 1 saturated heterocycles. The van der Waals surface area contributed by atoms with Gasteiger partial charge in [0.1, 0.15) is 0 Å². The minimum absolute atomic E-state index is 0. The number of rotatable bonds is 4. The number of nitrogens with zero attached hydrogens (tertiary/aromatic N) is 1. The predicted molar refractivity (Wildman–Crippen MR) is 85.3 cm³/mol. The van der Waals surface area contributed by atoms with E-state index in [9.17, 15) is 4.79 Å². The maximum Gasteiger partial charge on any atom is 0.229 e. The van der Waals surface area contributed by atoms with E-state index < -0.39 is 0 Å². The first kappa shape index (κ1) is 17.0. The Morgan fingerprint density at radius 3 is 2.75 bits per heavy atom. The van der Waals surface area contributed by atoms with Crippen LogP contribution in [0.5, 0.6) is 0 Å². The van der Waals surface area contributed by atoms with E-state index in [0.717, 1.165) is 31.6 Å². The first-order chi connectivity index (χ1) is 9.22. The van der Waals surface area contributed by atoms with Crippen molar-refractivity contribution in [1.82, 2.24) is 10.2 Å². The average molecular weight is 297 g/mol. The highest BCUT2D eigenvalue weighted by Gasteiger charge is 2.26. The minimum atomic E-state index is -0.0328. The van der Waals surface area contributed by atoms with Crippen LogP contribution in [0.15, 0.2) is 30.3 Å². The number of likely N-dealkylation sites (tertiary alicyclic amines) is 1. The fraction of sp³-hybridized carbons (Fsp3) is 0.562. The SMILES string of the molecule is CNCC1CCCN(C(=O)C(C)c2ccccc2)C1.Cl. The molecule has 0 radical (unpaired) electrons. The largest absolute Gasteiger partial charge is 0.342 e. The third kappa shape index (κ3) is 4.22. The molecular weight excluding hydrogens is 272 g/mol. The Hall–Kier alpha value is -1.06. The van der Waals surface area contributed by atoms with Gasteiger partial charge in [-0.1, -0.05) is 30.3 Å². The van der Waals surface area contributed by atoms with Crippen molar-refractivity contribution in [2.24, 2.45) is 5.92 Å². The molecule has 2 unspecified atom stereocenters. The molecule has 1 aromatic rings. The van der Waals surface area contributed by atoms with Crippen LogP contribution in [0.4, 0.5) is 0 Å². The average Bonchev–Trinajstić information content (AvgIpc) is 2.47.